The number of anilines is 1. The second-order valence-electron chi connectivity index (χ2n) is 9.78. The molecule has 1 aromatic rings. The van der Waals surface area contributed by atoms with Crippen molar-refractivity contribution < 1.29 is 24.6 Å². The maximum Gasteiger partial charge on any atom is 0.308 e. The molecule has 3 aliphatic rings. The van der Waals surface area contributed by atoms with Crippen LogP contribution in [0, 0.1) is 24.7 Å². The maximum absolute atomic E-state index is 14.4. The number of amides is 2. The molecular weight excluding hydrogens is 476 g/mol. The topological polar surface area (TPSA) is 98.2 Å². The SMILES string of the molecule is C=CCN(C(=O)C1N([C@@H](CO)C(C)C)C(=O)[C@@H]2[C@H](C(=O)O)[C@@H]3CCC12S3)c1c(C)cccc1Cl. The second kappa shape index (κ2) is 9.21. The molecule has 3 heterocycles. The first-order valence-corrected chi connectivity index (χ1v) is 12.9. The average Bonchev–Trinajstić information content (AvgIpc) is 3.41. The van der Waals surface area contributed by atoms with Gasteiger partial charge >= 0.3 is 5.97 Å². The number of rotatable bonds is 8. The van der Waals surface area contributed by atoms with E-state index < -0.39 is 34.6 Å². The first kappa shape index (κ1) is 25.1. The van der Waals surface area contributed by atoms with E-state index >= 15 is 0 Å². The van der Waals surface area contributed by atoms with Crippen LogP contribution in [0.15, 0.2) is 30.9 Å². The van der Waals surface area contributed by atoms with E-state index in [2.05, 4.69) is 6.58 Å². The fourth-order valence-electron chi connectivity index (χ4n) is 6.16. The molecule has 0 aromatic heterocycles. The Hall–Kier alpha value is -2.03. The third-order valence-electron chi connectivity index (χ3n) is 7.61. The molecule has 7 nitrogen and oxygen atoms in total. The number of carbonyl (C=O) groups excluding carboxylic acids is 2. The number of hydrogen-bond donors (Lipinski definition) is 2. The normalized spacial score (nSPS) is 30.5. The lowest BCUT2D eigenvalue weighted by Gasteiger charge is -2.41. The van der Waals surface area contributed by atoms with Crippen molar-refractivity contribution in [1.82, 2.24) is 4.90 Å². The highest BCUT2D eigenvalue weighted by atomic mass is 35.5. The van der Waals surface area contributed by atoms with Crippen LogP contribution in [0.4, 0.5) is 5.69 Å². The van der Waals surface area contributed by atoms with E-state index in [1.54, 1.807) is 17.0 Å². The van der Waals surface area contributed by atoms with Gasteiger partial charge in [0.15, 0.2) is 0 Å². The number of benzene rings is 1. The van der Waals surface area contributed by atoms with E-state index in [0.29, 0.717) is 23.6 Å². The van der Waals surface area contributed by atoms with Gasteiger partial charge in [-0.3, -0.25) is 14.4 Å². The summed E-state index contributed by atoms with van der Waals surface area (Å²) in [5.41, 5.74) is 1.36. The number of aliphatic carboxylic acids is 1. The molecule has 9 heteroatoms. The number of nitrogens with zero attached hydrogens (tertiary/aromatic N) is 2. The van der Waals surface area contributed by atoms with Crippen LogP contribution in [0.25, 0.3) is 0 Å². The van der Waals surface area contributed by atoms with Gasteiger partial charge in [-0.05, 0) is 37.3 Å². The van der Waals surface area contributed by atoms with E-state index in [9.17, 15) is 24.6 Å². The highest BCUT2D eigenvalue weighted by molar-refractivity contribution is 8.02. The molecule has 3 fully saturated rings. The number of thioether (sulfide) groups is 1. The summed E-state index contributed by atoms with van der Waals surface area (Å²) in [6, 6.07) is 3.88. The van der Waals surface area contributed by atoms with Crippen LogP contribution in [-0.4, -0.2) is 68.1 Å². The molecule has 4 rings (SSSR count). The van der Waals surface area contributed by atoms with Crippen molar-refractivity contribution in [2.75, 3.05) is 18.1 Å². The fraction of sp³-hybridized carbons (Fsp3) is 0.560. The van der Waals surface area contributed by atoms with Gasteiger partial charge in [0.25, 0.3) is 5.91 Å². The van der Waals surface area contributed by atoms with Gasteiger partial charge in [0.1, 0.15) is 6.04 Å². The van der Waals surface area contributed by atoms with Crippen molar-refractivity contribution in [3.05, 3.63) is 41.4 Å². The number of carboxylic acid groups (broad SMARTS) is 1. The van der Waals surface area contributed by atoms with Crippen molar-refractivity contribution in [3.8, 4) is 0 Å². The minimum absolute atomic E-state index is 0.125. The van der Waals surface area contributed by atoms with Crippen molar-refractivity contribution in [2.24, 2.45) is 17.8 Å². The number of aliphatic hydroxyl groups is 1. The Balaban J connectivity index is 1.88. The zero-order chi connectivity index (χ0) is 24.9. The Kier molecular flexibility index (Phi) is 6.79. The summed E-state index contributed by atoms with van der Waals surface area (Å²) < 4.78 is -0.848. The Bertz CT molecular complexity index is 1010. The molecule has 3 saturated heterocycles. The lowest BCUT2D eigenvalue weighted by atomic mass is 9.71. The van der Waals surface area contributed by atoms with Crippen molar-refractivity contribution in [1.29, 1.82) is 0 Å². The number of hydrogen-bond acceptors (Lipinski definition) is 5. The molecule has 1 aromatic carbocycles. The number of para-hydroxylation sites is 1. The molecule has 0 saturated carbocycles. The monoisotopic (exact) mass is 506 g/mol. The summed E-state index contributed by atoms with van der Waals surface area (Å²) in [7, 11) is 0. The van der Waals surface area contributed by atoms with Crippen LogP contribution < -0.4 is 4.90 Å². The molecule has 184 valence electrons. The van der Waals surface area contributed by atoms with E-state index in [0.717, 1.165) is 5.56 Å². The standard InChI is InChI=1S/C25H31ClN2O5S/c1-5-11-27(20-14(4)7-6-8-15(20)26)23(31)21-25-10-9-17(34-25)18(24(32)33)19(25)22(30)28(21)16(12-29)13(2)3/h5-8,13,16-19,21,29H,1,9-12H2,2-4H3,(H,32,33)/t16-,17-,18+,19-,21?,25?/m0/s1. The van der Waals surface area contributed by atoms with Crippen LogP contribution >= 0.6 is 23.4 Å². The molecule has 0 aliphatic carbocycles. The zero-order valence-corrected chi connectivity index (χ0v) is 21.2. The van der Waals surface area contributed by atoms with Crippen molar-refractivity contribution in [2.45, 2.75) is 55.7 Å². The molecule has 0 radical (unpaired) electrons. The first-order chi connectivity index (χ1) is 16.1. The Morgan fingerprint density at radius 1 is 1.41 bits per heavy atom. The quantitative estimate of drug-likeness (QED) is 0.525. The summed E-state index contributed by atoms with van der Waals surface area (Å²) in [6.07, 6.45) is 2.83. The fourth-order valence-corrected chi connectivity index (χ4v) is 8.68. The number of carboxylic acids is 1. The Labute approximate surface area is 209 Å². The van der Waals surface area contributed by atoms with Gasteiger partial charge in [-0.1, -0.05) is 43.7 Å². The van der Waals surface area contributed by atoms with E-state index in [-0.39, 0.29) is 36.1 Å². The lowest BCUT2D eigenvalue weighted by molar-refractivity contribution is -0.149. The number of fused-ring (bicyclic) bond motifs is 1. The van der Waals surface area contributed by atoms with Crippen molar-refractivity contribution in [3.63, 3.8) is 0 Å². The summed E-state index contributed by atoms with van der Waals surface area (Å²) in [5, 5.41) is 20.5. The molecule has 6 atom stereocenters. The second-order valence-corrected chi connectivity index (χ2v) is 11.8. The van der Waals surface area contributed by atoms with Gasteiger partial charge in [-0.2, -0.15) is 0 Å². The Morgan fingerprint density at radius 2 is 2.12 bits per heavy atom. The zero-order valence-electron chi connectivity index (χ0n) is 19.6. The highest BCUT2D eigenvalue weighted by Gasteiger charge is 2.74. The predicted octanol–water partition coefficient (Wildman–Crippen LogP) is 3.36. The number of aliphatic hydroxyl groups excluding tert-OH is 1. The molecule has 3 aliphatic heterocycles. The third kappa shape index (κ3) is 3.57. The third-order valence-corrected chi connectivity index (χ3v) is 9.86. The van der Waals surface area contributed by atoms with E-state index in [4.69, 9.17) is 11.6 Å². The van der Waals surface area contributed by atoms with Gasteiger partial charge in [0.05, 0.1) is 39.9 Å². The molecule has 34 heavy (non-hydrogen) atoms. The van der Waals surface area contributed by atoms with E-state index in [1.165, 1.54) is 16.7 Å². The first-order valence-electron chi connectivity index (χ1n) is 11.6. The molecule has 2 N–H and O–H groups in total. The maximum atomic E-state index is 14.4. The predicted molar refractivity (Wildman–Crippen MR) is 133 cm³/mol. The minimum atomic E-state index is -1.000. The number of carbonyl (C=O) groups is 3. The van der Waals surface area contributed by atoms with Crippen LogP contribution in [-0.2, 0) is 14.4 Å². The van der Waals surface area contributed by atoms with Crippen LogP contribution in [0.1, 0.15) is 32.3 Å². The smallest absolute Gasteiger partial charge is 0.308 e. The number of aryl methyl sites for hydroxylation is 1. The van der Waals surface area contributed by atoms with Gasteiger partial charge in [0, 0.05) is 11.8 Å². The Morgan fingerprint density at radius 3 is 2.68 bits per heavy atom. The molecular formula is C25H31ClN2O5S. The van der Waals surface area contributed by atoms with E-state index in [1.807, 2.05) is 32.9 Å². The number of halogens is 1. The van der Waals surface area contributed by atoms with Crippen LogP contribution in [0.2, 0.25) is 5.02 Å². The van der Waals surface area contributed by atoms with Crippen LogP contribution in [0.3, 0.4) is 0 Å². The van der Waals surface area contributed by atoms with Gasteiger partial charge in [-0.15, -0.1) is 18.3 Å². The van der Waals surface area contributed by atoms with Crippen molar-refractivity contribution >= 4 is 46.8 Å². The summed E-state index contributed by atoms with van der Waals surface area (Å²) >= 11 is 8.01. The summed E-state index contributed by atoms with van der Waals surface area (Å²) in [6.45, 7) is 9.33. The summed E-state index contributed by atoms with van der Waals surface area (Å²) in [5.74, 6) is -3.42. The average molecular weight is 507 g/mol. The molecule has 2 amide bonds. The highest BCUT2D eigenvalue weighted by Crippen LogP contribution is 2.67. The molecule has 2 bridgehead atoms. The van der Waals surface area contributed by atoms with Gasteiger partial charge in [-0.25, -0.2) is 0 Å². The largest absolute Gasteiger partial charge is 0.481 e. The number of likely N-dealkylation sites (tertiary alicyclic amines) is 1. The summed E-state index contributed by atoms with van der Waals surface area (Å²) in [4.78, 5) is 43.6. The van der Waals surface area contributed by atoms with Gasteiger partial charge in [0.2, 0.25) is 5.91 Å². The molecule has 2 unspecified atom stereocenters. The minimum Gasteiger partial charge on any atom is -0.481 e. The lowest BCUT2D eigenvalue weighted by Crippen LogP contribution is -2.58. The van der Waals surface area contributed by atoms with Crippen LogP contribution in [0.5, 0.6) is 0 Å². The van der Waals surface area contributed by atoms with Gasteiger partial charge < -0.3 is 20.0 Å². The molecule has 1 spiro atoms.